The van der Waals surface area contributed by atoms with Crippen molar-refractivity contribution in [3.63, 3.8) is 0 Å². The number of para-hydroxylation sites is 1. The molecule has 0 N–H and O–H groups in total. The third-order valence-electron chi connectivity index (χ3n) is 5.17. The van der Waals surface area contributed by atoms with Crippen LogP contribution in [-0.4, -0.2) is 40.8 Å². The Kier molecular flexibility index (Phi) is 5.12. The molecule has 1 aliphatic rings. The van der Waals surface area contributed by atoms with Gasteiger partial charge in [0.25, 0.3) is 0 Å². The van der Waals surface area contributed by atoms with Gasteiger partial charge in [-0.2, -0.15) is 0 Å². The maximum absolute atomic E-state index is 5.46. The largest absolute Gasteiger partial charge is 0.379 e. The number of ether oxygens (including phenoxy) is 1. The Bertz CT molecular complexity index is 1070. The number of nitrogens with zero attached hydrogens (tertiary/aromatic N) is 3. The molecule has 5 heteroatoms. The molecule has 1 aromatic heterocycles. The van der Waals surface area contributed by atoms with Crippen LogP contribution in [-0.2, 0) is 11.3 Å². The van der Waals surface area contributed by atoms with Gasteiger partial charge in [0.05, 0.1) is 24.2 Å². The SMILES string of the molecule is Cl.c1ccc2cc(-n3cnc4c(CN5CCOCC5)cccc43)ccc2c1. The summed E-state index contributed by atoms with van der Waals surface area (Å²) in [5, 5.41) is 2.50. The van der Waals surface area contributed by atoms with Crippen LogP contribution in [0.2, 0.25) is 0 Å². The number of fused-ring (bicyclic) bond motifs is 2. The van der Waals surface area contributed by atoms with Gasteiger partial charge >= 0.3 is 0 Å². The van der Waals surface area contributed by atoms with Crippen molar-refractivity contribution >= 4 is 34.2 Å². The van der Waals surface area contributed by atoms with Crippen LogP contribution >= 0.6 is 12.4 Å². The molecule has 0 unspecified atom stereocenters. The number of imidazole rings is 1. The summed E-state index contributed by atoms with van der Waals surface area (Å²) < 4.78 is 7.65. The highest BCUT2D eigenvalue weighted by Crippen LogP contribution is 2.25. The summed E-state index contributed by atoms with van der Waals surface area (Å²) in [6.07, 6.45) is 1.94. The van der Waals surface area contributed by atoms with Crippen LogP contribution in [0.15, 0.2) is 67.0 Å². The van der Waals surface area contributed by atoms with Gasteiger partial charge in [-0.05, 0) is 34.5 Å². The molecule has 0 spiro atoms. The predicted octanol–water partition coefficient (Wildman–Crippen LogP) is 4.43. The molecule has 0 amide bonds. The molecule has 5 rings (SSSR count). The molecule has 0 saturated carbocycles. The van der Waals surface area contributed by atoms with Crippen molar-refractivity contribution in [1.82, 2.24) is 14.5 Å². The van der Waals surface area contributed by atoms with E-state index in [4.69, 9.17) is 9.72 Å². The van der Waals surface area contributed by atoms with Gasteiger partial charge in [0.1, 0.15) is 6.33 Å². The maximum atomic E-state index is 5.46. The van der Waals surface area contributed by atoms with Gasteiger partial charge in [0.15, 0.2) is 0 Å². The lowest BCUT2D eigenvalue weighted by atomic mass is 10.1. The average Bonchev–Trinajstić information content (AvgIpc) is 3.14. The van der Waals surface area contributed by atoms with E-state index in [0.29, 0.717) is 0 Å². The Hall–Kier alpha value is -2.40. The van der Waals surface area contributed by atoms with E-state index in [2.05, 4.69) is 70.1 Å². The number of hydrogen-bond donors (Lipinski definition) is 0. The van der Waals surface area contributed by atoms with Gasteiger partial charge < -0.3 is 4.74 Å². The molecule has 138 valence electrons. The van der Waals surface area contributed by atoms with Crippen LogP contribution in [0.5, 0.6) is 0 Å². The fourth-order valence-electron chi connectivity index (χ4n) is 3.76. The van der Waals surface area contributed by atoms with Gasteiger partial charge in [-0.3, -0.25) is 9.47 Å². The summed E-state index contributed by atoms with van der Waals surface area (Å²) in [5.41, 5.74) is 4.68. The molecule has 1 saturated heterocycles. The lowest BCUT2D eigenvalue weighted by Crippen LogP contribution is -2.35. The lowest BCUT2D eigenvalue weighted by Gasteiger charge is -2.26. The van der Waals surface area contributed by atoms with Crippen molar-refractivity contribution in [1.29, 1.82) is 0 Å². The molecule has 0 radical (unpaired) electrons. The lowest BCUT2D eigenvalue weighted by molar-refractivity contribution is 0.0343. The van der Waals surface area contributed by atoms with Crippen LogP contribution in [0.4, 0.5) is 0 Å². The fraction of sp³-hybridized carbons (Fsp3) is 0.227. The first kappa shape index (κ1) is 18.0. The van der Waals surface area contributed by atoms with E-state index in [-0.39, 0.29) is 12.4 Å². The summed E-state index contributed by atoms with van der Waals surface area (Å²) in [4.78, 5) is 7.18. The molecular formula is C22H22ClN3O. The highest BCUT2D eigenvalue weighted by atomic mass is 35.5. The Morgan fingerprint density at radius 2 is 1.70 bits per heavy atom. The first-order valence-corrected chi connectivity index (χ1v) is 9.13. The zero-order valence-electron chi connectivity index (χ0n) is 15.0. The fourth-order valence-corrected chi connectivity index (χ4v) is 3.76. The molecular weight excluding hydrogens is 358 g/mol. The van der Waals surface area contributed by atoms with Gasteiger partial charge in [-0.25, -0.2) is 4.98 Å². The number of benzene rings is 3. The second-order valence-corrected chi connectivity index (χ2v) is 6.82. The van der Waals surface area contributed by atoms with Gasteiger partial charge in [0.2, 0.25) is 0 Å². The topological polar surface area (TPSA) is 30.3 Å². The minimum Gasteiger partial charge on any atom is -0.379 e. The standard InChI is InChI=1S/C22H21N3O.ClH/c1-2-5-18-14-20(9-8-17(18)4-1)25-16-23-22-19(6-3-7-21(22)25)15-24-10-12-26-13-11-24;/h1-9,14,16H,10-13,15H2;1H. The summed E-state index contributed by atoms with van der Waals surface area (Å²) >= 11 is 0. The van der Waals surface area contributed by atoms with E-state index in [1.54, 1.807) is 0 Å². The van der Waals surface area contributed by atoms with E-state index in [0.717, 1.165) is 49.6 Å². The van der Waals surface area contributed by atoms with Gasteiger partial charge in [-0.15, -0.1) is 12.4 Å². The van der Waals surface area contributed by atoms with Crippen LogP contribution in [0.1, 0.15) is 5.56 Å². The van der Waals surface area contributed by atoms with Crippen molar-refractivity contribution in [2.24, 2.45) is 0 Å². The van der Waals surface area contributed by atoms with Gasteiger partial charge in [-0.1, -0.05) is 42.5 Å². The molecule has 0 atom stereocenters. The third-order valence-corrected chi connectivity index (χ3v) is 5.17. The normalized spacial score (nSPS) is 15.1. The Balaban J connectivity index is 0.00000180. The predicted molar refractivity (Wildman–Crippen MR) is 112 cm³/mol. The quantitative estimate of drug-likeness (QED) is 0.527. The second-order valence-electron chi connectivity index (χ2n) is 6.82. The van der Waals surface area contributed by atoms with Gasteiger partial charge in [0, 0.05) is 25.3 Å². The van der Waals surface area contributed by atoms with Crippen molar-refractivity contribution in [2.45, 2.75) is 6.54 Å². The molecule has 1 aliphatic heterocycles. The number of rotatable bonds is 3. The zero-order chi connectivity index (χ0) is 17.3. The van der Waals surface area contributed by atoms with Crippen molar-refractivity contribution < 1.29 is 4.74 Å². The minimum atomic E-state index is 0. The smallest absolute Gasteiger partial charge is 0.100 e. The molecule has 2 heterocycles. The maximum Gasteiger partial charge on any atom is 0.100 e. The summed E-state index contributed by atoms with van der Waals surface area (Å²) in [6, 6.07) is 21.5. The number of morpholine rings is 1. The molecule has 27 heavy (non-hydrogen) atoms. The van der Waals surface area contributed by atoms with Crippen molar-refractivity contribution in [2.75, 3.05) is 26.3 Å². The third kappa shape index (κ3) is 3.44. The first-order chi connectivity index (χ1) is 12.9. The molecule has 4 nitrogen and oxygen atoms in total. The monoisotopic (exact) mass is 379 g/mol. The van der Waals surface area contributed by atoms with Crippen LogP contribution in [0, 0.1) is 0 Å². The van der Waals surface area contributed by atoms with Crippen molar-refractivity contribution in [3.05, 3.63) is 72.6 Å². The number of aromatic nitrogens is 2. The van der Waals surface area contributed by atoms with Crippen molar-refractivity contribution in [3.8, 4) is 5.69 Å². The highest BCUT2D eigenvalue weighted by molar-refractivity contribution is 5.86. The molecule has 3 aromatic carbocycles. The summed E-state index contributed by atoms with van der Waals surface area (Å²) in [7, 11) is 0. The zero-order valence-corrected chi connectivity index (χ0v) is 15.9. The first-order valence-electron chi connectivity index (χ1n) is 9.13. The van der Waals surface area contributed by atoms with Crippen LogP contribution < -0.4 is 0 Å². The van der Waals surface area contributed by atoms with E-state index in [9.17, 15) is 0 Å². The number of halogens is 1. The van der Waals surface area contributed by atoms with E-state index >= 15 is 0 Å². The van der Waals surface area contributed by atoms with E-state index in [1.807, 2.05) is 6.33 Å². The second kappa shape index (κ2) is 7.69. The molecule has 1 fully saturated rings. The Labute approximate surface area is 164 Å². The average molecular weight is 380 g/mol. The van der Waals surface area contributed by atoms with E-state index < -0.39 is 0 Å². The summed E-state index contributed by atoms with van der Waals surface area (Å²) in [6.45, 7) is 4.54. The van der Waals surface area contributed by atoms with Crippen LogP contribution in [0.25, 0.3) is 27.5 Å². The van der Waals surface area contributed by atoms with E-state index in [1.165, 1.54) is 16.3 Å². The molecule has 0 aliphatic carbocycles. The molecule has 4 aromatic rings. The Morgan fingerprint density at radius 1 is 0.889 bits per heavy atom. The molecule has 0 bridgehead atoms. The number of hydrogen-bond acceptors (Lipinski definition) is 3. The minimum absolute atomic E-state index is 0. The highest BCUT2D eigenvalue weighted by Gasteiger charge is 2.14. The summed E-state index contributed by atoms with van der Waals surface area (Å²) in [5.74, 6) is 0. The Morgan fingerprint density at radius 3 is 2.56 bits per heavy atom. The van der Waals surface area contributed by atoms with Crippen LogP contribution in [0.3, 0.4) is 0 Å².